The largest absolute Gasteiger partial charge is 0.380 e. The second-order valence-electron chi connectivity index (χ2n) is 6.23. The van der Waals surface area contributed by atoms with Crippen LogP contribution in [0.15, 0.2) is 11.1 Å². The van der Waals surface area contributed by atoms with Crippen LogP contribution in [0.5, 0.6) is 0 Å². The van der Waals surface area contributed by atoms with Gasteiger partial charge in [-0.15, -0.1) is 0 Å². The van der Waals surface area contributed by atoms with E-state index in [4.69, 9.17) is 4.74 Å². The summed E-state index contributed by atoms with van der Waals surface area (Å²) in [6.45, 7) is 2.26. The summed E-state index contributed by atoms with van der Waals surface area (Å²) in [6.07, 6.45) is 5.87. The quantitative estimate of drug-likeness (QED) is 0.739. The molecule has 0 spiro atoms. The monoisotopic (exact) mass is 347 g/mol. The lowest BCUT2D eigenvalue weighted by molar-refractivity contribution is -0.129. The van der Waals surface area contributed by atoms with Crippen LogP contribution < -0.4 is 0 Å². The molecular weight excluding hydrogens is 322 g/mol. The molecule has 1 aromatic rings. The summed E-state index contributed by atoms with van der Waals surface area (Å²) < 4.78 is 5.16. The third-order valence-corrected chi connectivity index (χ3v) is 5.42. The minimum absolute atomic E-state index is 0.104. The zero-order chi connectivity index (χ0) is 17.5. The summed E-state index contributed by atoms with van der Waals surface area (Å²) >= 11 is 1.35. The molecule has 1 aliphatic carbocycles. The van der Waals surface area contributed by atoms with Crippen LogP contribution in [0, 0.1) is 18.3 Å². The molecule has 0 unspecified atom stereocenters. The van der Waals surface area contributed by atoms with Crippen molar-refractivity contribution in [3.8, 4) is 6.07 Å². The van der Waals surface area contributed by atoms with Crippen molar-refractivity contribution < 1.29 is 9.53 Å². The minimum atomic E-state index is 0.104. The van der Waals surface area contributed by atoms with Gasteiger partial charge in [0.25, 0.3) is 0 Å². The van der Waals surface area contributed by atoms with Gasteiger partial charge < -0.3 is 9.64 Å². The summed E-state index contributed by atoms with van der Waals surface area (Å²) in [4.78, 5) is 18.8. The van der Waals surface area contributed by atoms with Crippen LogP contribution in [-0.4, -0.2) is 41.7 Å². The number of aryl methyl sites for hydroxylation is 1. The molecule has 0 aliphatic heterocycles. The summed E-state index contributed by atoms with van der Waals surface area (Å²) in [5.41, 5.74) is 2.17. The molecule has 0 radical (unpaired) electrons. The highest BCUT2D eigenvalue weighted by atomic mass is 32.2. The molecule has 0 atom stereocenters. The maximum atomic E-state index is 12.5. The Morgan fingerprint density at radius 1 is 1.46 bits per heavy atom. The van der Waals surface area contributed by atoms with Crippen molar-refractivity contribution in [1.29, 1.82) is 5.26 Å². The maximum Gasteiger partial charge on any atom is 0.232 e. The Morgan fingerprint density at radius 2 is 2.17 bits per heavy atom. The number of nitrogens with zero attached hydrogens (tertiary/aromatic N) is 3. The standard InChI is InChI=1S/C18H25N3O2S/c1-13-9-14(11-23-3)16(10-19)18(20-13)24-12-17(22)21(2)15-7-5-4-6-8-15/h9,15H,4-8,11-12H2,1-3H3. The number of carbonyl (C=O) groups is 1. The number of ether oxygens (including phenoxy) is 1. The number of amides is 1. The number of hydrogen-bond acceptors (Lipinski definition) is 5. The maximum absolute atomic E-state index is 12.5. The van der Waals surface area contributed by atoms with Crippen LogP contribution in [0.25, 0.3) is 0 Å². The second kappa shape index (κ2) is 9.05. The van der Waals surface area contributed by atoms with Gasteiger partial charge in [-0.2, -0.15) is 5.26 Å². The number of thioether (sulfide) groups is 1. The number of carbonyl (C=O) groups excluding carboxylic acids is 1. The molecule has 0 bridgehead atoms. The Hall–Kier alpha value is -1.58. The molecule has 0 aromatic carbocycles. The van der Waals surface area contributed by atoms with Crippen molar-refractivity contribution in [2.24, 2.45) is 0 Å². The summed E-state index contributed by atoms with van der Waals surface area (Å²) in [5, 5.41) is 10.1. The van der Waals surface area contributed by atoms with Crippen LogP contribution in [0.3, 0.4) is 0 Å². The van der Waals surface area contributed by atoms with E-state index in [9.17, 15) is 10.1 Å². The summed E-state index contributed by atoms with van der Waals surface area (Å²) in [5.74, 6) is 0.414. The van der Waals surface area contributed by atoms with E-state index in [1.54, 1.807) is 7.11 Å². The number of methoxy groups -OCH3 is 1. The first-order valence-electron chi connectivity index (χ1n) is 8.34. The van der Waals surface area contributed by atoms with Gasteiger partial charge in [-0.05, 0) is 31.4 Å². The Kier molecular flexibility index (Phi) is 7.07. The zero-order valence-electron chi connectivity index (χ0n) is 14.7. The van der Waals surface area contributed by atoms with Crippen molar-refractivity contribution in [3.63, 3.8) is 0 Å². The molecule has 5 nitrogen and oxygen atoms in total. The topological polar surface area (TPSA) is 66.2 Å². The van der Waals surface area contributed by atoms with E-state index in [1.807, 2.05) is 24.9 Å². The predicted octanol–water partition coefficient (Wildman–Crippen LogP) is 3.29. The molecule has 1 aromatic heterocycles. The van der Waals surface area contributed by atoms with Crippen LogP contribution >= 0.6 is 11.8 Å². The molecule has 1 saturated carbocycles. The Labute approximate surface area is 148 Å². The summed E-state index contributed by atoms with van der Waals surface area (Å²) in [6, 6.07) is 4.43. The molecule has 24 heavy (non-hydrogen) atoms. The Balaban J connectivity index is 2.05. The third kappa shape index (κ3) is 4.71. The van der Waals surface area contributed by atoms with E-state index in [2.05, 4.69) is 11.1 Å². The van der Waals surface area contributed by atoms with E-state index in [1.165, 1.54) is 31.0 Å². The predicted molar refractivity (Wildman–Crippen MR) is 94.8 cm³/mol. The lowest BCUT2D eigenvalue weighted by Gasteiger charge is -2.31. The molecule has 1 fully saturated rings. The van der Waals surface area contributed by atoms with Crippen molar-refractivity contribution in [3.05, 3.63) is 22.9 Å². The molecule has 0 saturated heterocycles. The van der Waals surface area contributed by atoms with Gasteiger partial charge in [0.15, 0.2) is 0 Å². The third-order valence-electron chi connectivity index (χ3n) is 4.46. The van der Waals surface area contributed by atoms with Crippen LogP contribution in [-0.2, 0) is 16.1 Å². The van der Waals surface area contributed by atoms with Gasteiger partial charge >= 0.3 is 0 Å². The number of hydrogen-bond donors (Lipinski definition) is 0. The van der Waals surface area contributed by atoms with Crippen molar-refractivity contribution in [2.75, 3.05) is 19.9 Å². The lowest BCUT2D eigenvalue weighted by atomic mass is 9.94. The SMILES string of the molecule is COCc1cc(C)nc(SCC(=O)N(C)C2CCCCC2)c1C#N. The molecule has 1 amide bonds. The van der Waals surface area contributed by atoms with Gasteiger partial charge in [-0.1, -0.05) is 31.0 Å². The molecule has 1 aliphatic rings. The molecule has 0 N–H and O–H groups in total. The molecule has 1 heterocycles. The first-order valence-corrected chi connectivity index (χ1v) is 9.33. The number of nitriles is 1. The fraction of sp³-hybridized carbons (Fsp3) is 0.611. The van der Waals surface area contributed by atoms with Gasteiger partial charge in [-0.25, -0.2) is 4.98 Å². The summed E-state index contributed by atoms with van der Waals surface area (Å²) in [7, 11) is 3.50. The van der Waals surface area contributed by atoms with Crippen LogP contribution in [0.2, 0.25) is 0 Å². The van der Waals surface area contributed by atoms with Gasteiger partial charge in [-0.3, -0.25) is 4.79 Å². The molecule has 2 rings (SSSR count). The first kappa shape index (κ1) is 18.8. The smallest absolute Gasteiger partial charge is 0.232 e. The molecule has 6 heteroatoms. The van der Waals surface area contributed by atoms with E-state index >= 15 is 0 Å². The van der Waals surface area contributed by atoms with Crippen molar-refractivity contribution >= 4 is 17.7 Å². The molecule has 130 valence electrons. The fourth-order valence-electron chi connectivity index (χ4n) is 3.11. The normalized spacial score (nSPS) is 15.1. The Bertz CT molecular complexity index is 621. The van der Waals surface area contributed by atoms with Crippen LogP contribution in [0.4, 0.5) is 0 Å². The number of aromatic nitrogens is 1. The molecular formula is C18H25N3O2S. The van der Waals surface area contributed by atoms with E-state index < -0.39 is 0 Å². The van der Waals surface area contributed by atoms with Gasteiger partial charge in [0, 0.05) is 25.9 Å². The zero-order valence-corrected chi connectivity index (χ0v) is 15.5. The van der Waals surface area contributed by atoms with Gasteiger partial charge in [0.2, 0.25) is 5.91 Å². The van der Waals surface area contributed by atoms with Crippen LogP contribution in [0.1, 0.15) is 48.9 Å². The Morgan fingerprint density at radius 3 is 2.79 bits per heavy atom. The first-order chi connectivity index (χ1) is 11.6. The van der Waals surface area contributed by atoms with Crippen molar-refractivity contribution in [2.45, 2.75) is 56.7 Å². The highest BCUT2D eigenvalue weighted by molar-refractivity contribution is 8.00. The lowest BCUT2D eigenvalue weighted by Crippen LogP contribution is -2.39. The van der Waals surface area contributed by atoms with E-state index in [0.29, 0.717) is 29.0 Å². The van der Waals surface area contributed by atoms with Gasteiger partial charge in [0.05, 0.1) is 17.9 Å². The van der Waals surface area contributed by atoms with E-state index in [-0.39, 0.29) is 5.91 Å². The van der Waals surface area contributed by atoms with Crippen molar-refractivity contribution in [1.82, 2.24) is 9.88 Å². The van der Waals surface area contributed by atoms with Gasteiger partial charge in [0.1, 0.15) is 11.1 Å². The van der Waals surface area contributed by atoms with E-state index in [0.717, 1.165) is 24.1 Å². The fourth-order valence-corrected chi connectivity index (χ4v) is 4.10. The number of rotatable bonds is 6. The average Bonchev–Trinajstić information content (AvgIpc) is 2.59. The highest BCUT2D eigenvalue weighted by Crippen LogP contribution is 2.26. The number of pyridine rings is 1. The second-order valence-corrected chi connectivity index (χ2v) is 7.20. The highest BCUT2D eigenvalue weighted by Gasteiger charge is 2.22. The minimum Gasteiger partial charge on any atom is -0.380 e. The average molecular weight is 347 g/mol.